The van der Waals surface area contributed by atoms with Crippen molar-refractivity contribution in [2.75, 3.05) is 11.9 Å². The second-order valence-corrected chi connectivity index (χ2v) is 7.68. The molecule has 0 aliphatic rings. The van der Waals surface area contributed by atoms with Crippen LogP contribution in [0.5, 0.6) is 0 Å². The minimum atomic E-state index is -0.196. The van der Waals surface area contributed by atoms with Crippen LogP contribution >= 0.6 is 11.6 Å². The molecule has 152 valence electrons. The number of benzene rings is 1. The molecule has 7 heteroatoms. The fraction of sp³-hybridized carbons (Fsp3) is 0.318. The number of pyridine rings is 1. The Morgan fingerprint density at radius 1 is 1.14 bits per heavy atom. The fourth-order valence-corrected chi connectivity index (χ4v) is 3.77. The summed E-state index contributed by atoms with van der Waals surface area (Å²) in [4.78, 5) is 29.3. The summed E-state index contributed by atoms with van der Waals surface area (Å²) in [7, 11) is 0. The summed E-state index contributed by atoms with van der Waals surface area (Å²) in [5.74, 6) is -0.326. The van der Waals surface area contributed by atoms with Crippen LogP contribution in [0.3, 0.4) is 0 Å². The zero-order valence-corrected chi connectivity index (χ0v) is 17.9. The van der Waals surface area contributed by atoms with E-state index >= 15 is 0 Å². The lowest BCUT2D eigenvalue weighted by atomic mass is 10.1. The van der Waals surface area contributed by atoms with E-state index < -0.39 is 0 Å². The van der Waals surface area contributed by atoms with Crippen LogP contribution < -0.4 is 10.6 Å². The number of amides is 2. The predicted octanol–water partition coefficient (Wildman–Crippen LogP) is 4.37. The van der Waals surface area contributed by atoms with E-state index in [1.165, 1.54) is 0 Å². The highest BCUT2D eigenvalue weighted by molar-refractivity contribution is 6.34. The van der Waals surface area contributed by atoms with Gasteiger partial charge in [0.1, 0.15) is 11.3 Å². The molecule has 29 heavy (non-hydrogen) atoms. The molecule has 0 unspecified atom stereocenters. The van der Waals surface area contributed by atoms with Gasteiger partial charge < -0.3 is 10.6 Å². The van der Waals surface area contributed by atoms with E-state index in [2.05, 4.69) is 15.6 Å². The molecular weight excluding hydrogens is 388 g/mol. The highest BCUT2D eigenvalue weighted by Gasteiger charge is 2.17. The highest BCUT2D eigenvalue weighted by Crippen LogP contribution is 2.27. The smallest absolute Gasteiger partial charge is 0.270 e. The molecule has 0 radical (unpaired) electrons. The maximum atomic E-state index is 12.6. The van der Waals surface area contributed by atoms with Gasteiger partial charge in [0.05, 0.1) is 16.4 Å². The Morgan fingerprint density at radius 2 is 1.90 bits per heavy atom. The van der Waals surface area contributed by atoms with E-state index in [0.29, 0.717) is 35.1 Å². The van der Waals surface area contributed by atoms with Gasteiger partial charge in [0.2, 0.25) is 5.91 Å². The molecule has 0 spiro atoms. The Bertz CT molecular complexity index is 1060. The summed E-state index contributed by atoms with van der Waals surface area (Å²) in [6, 6.07) is 7.65. The van der Waals surface area contributed by atoms with Crippen LogP contribution in [0.15, 0.2) is 30.5 Å². The van der Waals surface area contributed by atoms with Gasteiger partial charge in [-0.15, -0.1) is 0 Å². The molecule has 0 atom stereocenters. The van der Waals surface area contributed by atoms with Crippen molar-refractivity contribution in [2.45, 2.75) is 40.5 Å². The number of hydrogen-bond acceptors (Lipinski definition) is 3. The van der Waals surface area contributed by atoms with Crippen LogP contribution in [0.25, 0.3) is 5.65 Å². The molecule has 0 saturated carbocycles. The van der Waals surface area contributed by atoms with Crippen molar-refractivity contribution in [3.05, 3.63) is 63.6 Å². The van der Waals surface area contributed by atoms with Crippen LogP contribution in [0, 0.1) is 27.7 Å². The average Bonchev–Trinajstić information content (AvgIpc) is 2.99. The van der Waals surface area contributed by atoms with Crippen molar-refractivity contribution in [1.29, 1.82) is 0 Å². The van der Waals surface area contributed by atoms with Gasteiger partial charge in [-0.25, -0.2) is 4.98 Å². The van der Waals surface area contributed by atoms with Crippen molar-refractivity contribution in [2.24, 2.45) is 0 Å². The molecule has 0 aliphatic heterocycles. The lowest BCUT2D eigenvalue weighted by Crippen LogP contribution is -2.27. The number of anilines is 1. The molecule has 3 rings (SSSR count). The molecule has 0 aliphatic carbocycles. The van der Waals surface area contributed by atoms with Crippen molar-refractivity contribution in [1.82, 2.24) is 14.7 Å². The van der Waals surface area contributed by atoms with Gasteiger partial charge in [-0.05, 0) is 62.9 Å². The summed E-state index contributed by atoms with van der Waals surface area (Å²) in [5, 5.41) is 6.27. The molecule has 0 saturated heterocycles. The Labute approximate surface area is 175 Å². The van der Waals surface area contributed by atoms with Gasteiger partial charge in [0.15, 0.2) is 0 Å². The van der Waals surface area contributed by atoms with Gasteiger partial charge in [0.25, 0.3) is 5.91 Å². The molecule has 2 aromatic heterocycles. The number of carbonyl (C=O) groups excluding carboxylic acids is 2. The quantitative estimate of drug-likeness (QED) is 0.590. The molecule has 3 aromatic rings. The van der Waals surface area contributed by atoms with Crippen LogP contribution in [-0.2, 0) is 4.79 Å². The SMILES string of the molecule is Cc1cc(C)c(NC(=O)CCCNC(=O)c2c(C)nc3c(C)cccn23)c(Cl)c1. The maximum absolute atomic E-state index is 12.6. The minimum absolute atomic E-state index is 0.130. The number of aryl methyl sites for hydroxylation is 4. The number of nitrogens with one attached hydrogen (secondary N) is 2. The van der Waals surface area contributed by atoms with Crippen LogP contribution in [-0.4, -0.2) is 27.7 Å². The average molecular weight is 413 g/mol. The van der Waals surface area contributed by atoms with E-state index in [-0.39, 0.29) is 18.2 Å². The molecule has 2 amide bonds. The molecule has 0 fully saturated rings. The number of halogens is 1. The Morgan fingerprint density at radius 3 is 2.62 bits per heavy atom. The first-order valence-corrected chi connectivity index (χ1v) is 9.94. The van der Waals surface area contributed by atoms with Gasteiger partial charge in [0, 0.05) is 19.2 Å². The zero-order chi connectivity index (χ0) is 21.1. The third kappa shape index (κ3) is 4.59. The summed E-state index contributed by atoms with van der Waals surface area (Å²) >= 11 is 6.23. The van der Waals surface area contributed by atoms with Crippen molar-refractivity contribution >= 4 is 34.7 Å². The fourth-order valence-electron chi connectivity index (χ4n) is 3.40. The van der Waals surface area contributed by atoms with E-state index in [0.717, 1.165) is 22.3 Å². The molecular formula is C22H25ClN4O2. The molecule has 0 bridgehead atoms. The number of aromatic nitrogens is 2. The van der Waals surface area contributed by atoms with Gasteiger partial charge in [-0.3, -0.25) is 14.0 Å². The summed E-state index contributed by atoms with van der Waals surface area (Å²) < 4.78 is 1.80. The van der Waals surface area contributed by atoms with Crippen molar-refractivity contribution in [3.63, 3.8) is 0 Å². The third-order valence-electron chi connectivity index (χ3n) is 4.80. The first-order valence-electron chi connectivity index (χ1n) is 9.57. The summed E-state index contributed by atoms with van der Waals surface area (Å²) in [5.41, 5.74) is 5.61. The molecule has 2 heterocycles. The summed E-state index contributed by atoms with van der Waals surface area (Å²) in [6.45, 7) is 8.05. The van der Waals surface area contributed by atoms with Crippen LogP contribution in [0.2, 0.25) is 5.02 Å². The maximum Gasteiger partial charge on any atom is 0.270 e. The van der Waals surface area contributed by atoms with E-state index in [9.17, 15) is 9.59 Å². The van der Waals surface area contributed by atoms with Gasteiger partial charge in [-0.2, -0.15) is 0 Å². The number of rotatable bonds is 6. The lowest BCUT2D eigenvalue weighted by Gasteiger charge is -2.12. The standard InChI is InChI=1S/C22H25ClN4O2/c1-13-11-15(3)19(17(23)12-13)26-18(28)8-5-9-24-22(29)20-16(4)25-21-14(2)7-6-10-27(20)21/h6-7,10-12H,5,8-9H2,1-4H3,(H,24,29)(H,26,28). The van der Waals surface area contributed by atoms with Gasteiger partial charge >= 0.3 is 0 Å². The number of fused-ring (bicyclic) bond motifs is 1. The second kappa shape index (κ2) is 8.66. The van der Waals surface area contributed by atoms with E-state index in [1.807, 2.05) is 58.2 Å². The normalized spacial score (nSPS) is 10.9. The Balaban J connectivity index is 1.55. The Hall–Kier alpha value is -2.86. The van der Waals surface area contributed by atoms with Crippen LogP contribution in [0.4, 0.5) is 5.69 Å². The number of carbonyl (C=O) groups is 2. The first kappa shape index (κ1) is 20.9. The van der Waals surface area contributed by atoms with Crippen LogP contribution in [0.1, 0.15) is 45.7 Å². The van der Waals surface area contributed by atoms with E-state index in [4.69, 9.17) is 11.6 Å². The van der Waals surface area contributed by atoms with Crippen molar-refractivity contribution < 1.29 is 9.59 Å². The largest absolute Gasteiger partial charge is 0.351 e. The third-order valence-corrected chi connectivity index (χ3v) is 5.09. The highest BCUT2D eigenvalue weighted by atomic mass is 35.5. The number of imidazole rings is 1. The lowest BCUT2D eigenvalue weighted by molar-refractivity contribution is -0.116. The van der Waals surface area contributed by atoms with Crippen molar-refractivity contribution in [3.8, 4) is 0 Å². The zero-order valence-electron chi connectivity index (χ0n) is 17.1. The van der Waals surface area contributed by atoms with E-state index in [1.54, 1.807) is 4.40 Å². The first-order chi connectivity index (χ1) is 13.8. The second-order valence-electron chi connectivity index (χ2n) is 7.28. The molecule has 2 N–H and O–H groups in total. The topological polar surface area (TPSA) is 75.5 Å². The number of nitrogens with zero attached hydrogens (tertiary/aromatic N) is 2. The number of hydrogen-bond donors (Lipinski definition) is 2. The monoisotopic (exact) mass is 412 g/mol. The molecule has 6 nitrogen and oxygen atoms in total. The minimum Gasteiger partial charge on any atom is -0.351 e. The van der Waals surface area contributed by atoms with Gasteiger partial charge in [-0.1, -0.05) is 23.7 Å². The summed E-state index contributed by atoms with van der Waals surface area (Å²) in [6.07, 6.45) is 2.64. The molecule has 1 aromatic carbocycles. The Kier molecular flexibility index (Phi) is 6.23. The predicted molar refractivity (Wildman–Crippen MR) is 116 cm³/mol.